The zero-order valence-corrected chi connectivity index (χ0v) is 16.1. The van der Waals surface area contributed by atoms with Crippen molar-refractivity contribution in [1.29, 1.82) is 0 Å². The maximum absolute atomic E-state index is 12.4. The van der Waals surface area contributed by atoms with Crippen LogP contribution in [0.4, 0.5) is 5.69 Å². The van der Waals surface area contributed by atoms with Gasteiger partial charge >= 0.3 is 0 Å². The number of ether oxygens (including phenoxy) is 2. The van der Waals surface area contributed by atoms with Gasteiger partial charge in [0.05, 0.1) is 19.4 Å². The van der Waals surface area contributed by atoms with Crippen LogP contribution in [0.25, 0.3) is 11.1 Å². The second-order valence-corrected chi connectivity index (χ2v) is 7.34. The predicted molar refractivity (Wildman–Crippen MR) is 109 cm³/mol. The zero-order valence-electron chi connectivity index (χ0n) is 15.3. The number of benzene rings is 2. The number of carbonyl (C=O) groups is 1. The maximum Gasteiger partial charge on any atom is 0.225 e. The predicted octanol–water partition coefficient (Wildman–Crippen LogP) is 5.30. The van der Waals surface area contributed by atoms with Crippen LogP contribution in [0.5, 0.6) is 11.5 Å². The molecule has 1 aromatic heterocycles. The van der Waals surface area contributed by atoms with E-state index >= 15 is 0 Å². The van der Waals surface area contributed by atoms with E-state index in [0.717, 1.165) is 33.9 Å². The van der Waals surface area contributed by atoms with Crippen LogP contribution in [0.3, 0.4) is 0 Å². The van der Waals surface area contributed by atoms with Crippen LogP contribution >= 0.6 is 11.3 Å². The standard InChI is InChI=1S/C22H21NO3S/c1-3-26-17-10-6-14(7-11-17)18-12-20(24)23-21-19(13-27-22(18)21)15-4-8-16(25-2)9-5-15/h4-11,13,18H,3,12H2,1-2H3,(H,23,24)/t18-/m1/s1. The Hall–Kier alpha value is -2.79. The van der Waals surface area contributed by atoms with E-state index < -0.39 is 0 Å². The molecule has 0 saturated carbocycles. The van der Waals surface area contributed by atoms with E-state index in [-0.39, 0.29) is 11.8 Å². The number of rotatable bonds is 5. The van der Waals surface area contributed by atoms with Crippen LogP contribution < -0.4 is 14.8 Å². The summed E-state index contributed by atoms with van der Waals surface area (Å²) in [4.78, 5) is 13.6. The third kappa shape index (κ3) is 3.43. The Morgan fingerprint density at radius 2 is 1.78 bits per heavy atom. The van der Waals surface area contributed by atoms with E-state index in [9.17, 15) is 4.79 Å². The van der Waals surface area contributed by atoms with Crippen molar-refractivity contribution in [2.24, 2.45) is 0 Å². The van der Waals surface area contributed by atoms with Gasteiger partial charge in [0.25, 0.3) is 0 Å². The molecule has 0 aliphatic carbocycles. The van der Waals surface area contributed by atoms with E-state index in [1.807, 2.05) is 43.3 Å². The minimum atomic E-state index is 0.0505. The summed E-state index contributed by atoms with van der Waals surface area (Å²) in [5.41, 5.74) is 4.19. The number of amides is 1. The highest BCUT2D eigenvalue weighted by Gasteiger charge is 2.30. The average molecular weight is 379 g/mol. The lowest BCUT2D eigenvalue weighted by molar-refractivity contribution is -0.116. The fourth-order valence-electron chi connectivity index (χ4n) is 3.44. The first-order valence-electron chi connectivity index (χ1n) is 8.98. The number of fused-ring (bicyclic) bond motifs is 1. The van der Waals surface area contributed by atoms with Crippen LogP contribution in [0, 0.1) is 0 Å². The summed E-state index contributed by atoms with van der Waals surface area (Å²) in [6.45, 7) is 2.61. The van der Waals surface area contributed by atoms with Gasteiger partial charge in [-0.25, -0.2) is 0 Å². The molecule has 3 aromatic rings. The monoisotopic (exact) mass is 379 g/mol. The van der Waals surface area contributed by atoms with Gasteiger partial charge in [0.2, 0.25) is 5.91 Å². The van der Waals surface area contributed by atoms with Gasteiger partial charge in [0.1, 0.15) is 11.5 Å². The van der Waals surface area contributed by atoms with Gasteiger partial charge in [0.15, 0.2) is 0 Å². The molecule has 0 unspecified atom stereocenters. The highest BCUT2D eigenvalue weighted by Crippen LogP contribution is 2.46. The van der Waals surface area contributed by atoms with Crippen molar-refractivity contribution in [1.82, 2.24) is 0 Å². The van der Waals surface area contributed by atoms with Crippen molar-refractivity contribution in [3.8, 4) is 22.6 Å². The van der Waals surface area contributed by atoms with Gasteiger partial charge < -0.3 is 14.8 Å². The summed E-state index contributed by atoms with van der Waals surface area (Å²) in [6, 6.07) is 16.0. The number of hydrogen-bond acceptors (Lipinski definition) is 4. The molecule has 4 rings (SSSR count). The molecular formula is C22H21NO3S. The number of nitrogens with one attached hydrogen (secondary N) is 1. The van der Waals surface area contributed by atoms with Gasteiger partial charge in [-0.1, -0.05) is 24.3 Å². The van der Waals surface area contributed by atoms with Crippen LogP contribution in [0.2, 0.25) is 0 Å². The first-order chi connectivity index (χ1) is 13.2. The van der Waals surface area contributed by atoms with Crippen LogP contribution in [-0.4, -0.2) is 19.6 Å². The second kappa shape index (κ2) is 7.45. The highest BCUT2D eigenvalue weighted by molar-refractivity contribution is 7.11. The number of hydrogen-bond donors (Lipinski definition) is 1. The molecule has 0 radical (unpaired) electrons. The lowest BCUT2D eigenvalue weighted by Gasteiger charge is -2.24. The van der Waals surface area contributed by atoms with E-state index in [1.54, 1.807) is 18.4 Å². The van der Waals surface area contributed by atoms with Crippen LogP contribution in [0.15, 0.2) is 53.9 Å². The third-order valence-corrected chi connectivity index (χ3v) is 5.88. The minimum absolute atomic E-state index is 0.0505. The smallest absolute Gasteiger partial charge is 0.225 e. The van der Waals surface area contributed by atoms with Crippen molar-refractivity contribution in [2.75, 3.05) is 19.0 Å². The molecule has 4 nitrogen and oxygen atoms in total. The Bertz CT molecular complexity index is 945. The fraction of sp³-hybridized carbons (Fsp3) is 0.227. The van der Waals surface area contributed by atoms with Gasteiger partial charge in [-0.05, 0) is 42.3 Å². The van der Waals surface area contributed by atoms with E-state index in [0.29, 0.717) is 13.0 Å². The molecule has 5 heteroatoms. The Morgan fingerprint density at radius 1 is 1.07 bits per heavy atom. The van der Waals surface area contributed by atoms with Gasteiger partial charge in [-0.2, -0.15) is 0 Å². The van der Waals surface area contributed by atoms with E-state index in [1.165, 1.54) is 4.88 Å². The van der Waals surface area contributed by atoms with Gasteiger partial charge in [-0.15, -0.1) is 11.3 Å². The summed E-state index contributed by atoms with van der Waals surface area (Å²) in [5.74, 6) is 1.79. The third-order valence-electron chi connectivity index (χ3n) is 4.78. The Labute approximate surface area is 162 Å². The number of carbonyl (C=O) groups excluding carboxylic acids is 1. The minimum Gasteiger partial charge on any atom is -0.497 e. The van der Waals surface area contributed by atoms with Crippen molar-refractivity contribution in [3.05, 3.63) is 64.4 Å². The van der Waals surface area contributed by atoms with Crippen LogP contribution in [-0.2, 0) is 4.79 Å². The molecule has 27 heavy (non-hydrogen) atoms. The second-order valence-electron chi connectivity index (χ2n) is 6.42. The topological polar surface area (TPSA) is 47.6 Å². The molecule has 1 aliphatic rings. The Kier molecular flexibility index (Phi) is 4.86. The summed E-state index contributed by atoms with van der Waals surface area (Å²) < 4.78 is 10.8. The summed E-state index contributed by atoms with van der Waals surface area (Å²) in [6.07, 6.45) is 0.462. The first-order valence-corrected chi connectivity index (χ1v) is 9.86. The summed E-state index contributed by atoms with van der Waals surface area (Å²) >= 11 is 1.70. The first kappa shape index (κ1) is 17.6. The zero-order chi connectivity index (χ0) is 18.8. The Balaban J connectivity index is 1.70. The maximum atomic E-state index is 12.4. The summed E-state index contributed by atoms with van der Waals surface area (Å²) in [5, 5.41) is 5.21. The van der Waals surface area contributed by atoms with Gasteiger partial charge in [-0.3, -0.25) is 4.79 Å². The number of thiophene rings is 1. The van der Waals surface area contributed by atoms with Gasteiger partial charge in [0, 0.05) is 28.2 Å². The molecule has 1 amide bonds. The molecule has 0 saturated heterocycles. The molecular weight excluding hydrogens is 358 g/mol. The Morgan fingerprint density at radius 3 is 2.44 bits per heavy atom. The largest absolute Gasteiger partial charge is 0.497 e. The molecule has 0 fully saturated rings. The van der Waals surface area contributed by atoms with E-state index in [4.69, 9.17) is 9.47 Å². The highest BCUT2D eigenvalue weighted by atomic mass is 32.1. The molecule has 0 bridgehead atoms. The molecule has 2 heterocycles. The lowest BCUT2D eigenvalue weighted by atomic mass is 9.89. The van der Waals surface area contributed by atoms with E-state index in [2.05, 4.69) is 22.8 Å². The molecule has 1 aliphatic heterocycles. The van der Waals surface area contributed by atoms with Crippen molar-refractivity contribution >= 4 is 22.9 Å². The molecule has 138 valence electrons. The molecule has 0 spiro atoms. The number of methoxy groups -OCH3 is 1. The average Bonchev–Trinajstić information content (AvgIpc) is 3.12. The van der Waals surface area contributed by atoms with Crippen molar-refractivity contribution in [3.63, 3.8) is 0 Å². The quantitative estimate of drug-likeness (QED) is 0.655. The molecule has 1 N–H and O–H groups in total. The number of anilines is 1. The SMILES string of the molecule is CCOc1ccc([C@H]2CC(=O)Nc3c(-c4ccc(OC)cc4)csc32)cc1. The lowest BCUT2D eigenvalue weighted by Crippen LogP contribution is -2.22. The van der Waals surface area contributed by atoms with Crippen molar-refractivity contribution < 1.29 is 14.3 Å². The summed E-state index contributed by atoms with van der Waals surface area (Å²) in [7, 11) is 1.66. The molecule has 1 atom stereocenters. The fourth-order valence-corrected chi connectivity index (χ4v) is 4.60. The normalized spacial score (nSPS) is 15.8. The van der Waals surface area contributed by atoms with Crippen LogP contribution in [0.1, 0.15) is 29.7 Å². The van der Waals surface area contributed by atoms with Crippen molar-refractivity contribution in [2.45, 2.75) is 19.3 Å². The molecule has 2 aromatic carbocycles.